The number of hydrogen-bond acceptors (Lipinski definition) is 17. The van der Waals surface area contributed by atoms with Crippen LogP contribution in [-0.4, -0.2) is 148 Å². The van der Waals surface area contributed by atoms with Gasteiger partial charge in [0.1, 0.15) is 11.8 Å². The number of benzene rings is 2. The molecule has 2 saturated heterocycles. The standard InChI is InChI=1S/C71H93N5O13S2/c1-38-12-13-41-16-19-47-49(48(41)26-38)27-42(51-35-89-66(86)58(51)44-21-24-73-33-44)10-7-11-43-30-71(88)60-53(20-22-70(71,64(43)69(3,87)57(81)29-50(47)65(84)85)23-25-74-67(72)75-32-39-8-5-4-6-9-39)68(2)31-56(80)62(82)52-37-91-90-36-45(40-14-17-46(78)18-15-40)28-55(79)54(34-77)76-61(60)63(83)59(52)68/h4-6,8-9,14-18,21,24,33,38,42-43,45,47-54,56-59,62,64-65,73,76-78,80-82,84-85,87-88H,11-13,19-20,22-23,25-32,34-37H2,1-3H3,(H3,72,74,75)/t38-,42-,43-,45+,47+,48-,49+,50+,51-,52-,53-,54+,56-,57+,58-,59-,62+,64+,68+,69-,70-,71+/m0/s1. The molecule has 7 aliphatic carbocycles. The zero-order valence-electron chi connectivity index (χ0n) is 52.4. The molecule has 2 aromatic carbocycles. The SMILES string of the molecule is C[C@H]1CCC2=CC[C@@H]3[C@@H](C[C@@H]([C@@H]4COC(=O)[C@H]4c4cc[nH]c4)C#CC[C@H]4C[C@@]5(O)C6=C7N[C@H](CO)C(=O)C[C@@H](c8ccc(O)cc8)CSSC[C@@H]8[C@@H](O)[C@@H](O)C[C@@](C)([C@@H]8C7=O)[C@H]6CC[C@]5(CCNC(N)=NCc5ccccc5)[C@H]4[C@@](C)(O)[C@H](O)C[C@H]3C(O)O)[C@H]2C1. The van der Waals surface area contributed by atoms with E-state index in [2.05, 4.69) is 45.5 Å². The van der Waals surface area contributed by atoms with Gasteiger partial charge in [-0.25, -0.2) is 4.99 Å². The first-order chi connectivity index (χ1) is 43.6. The number of aromatic nitrogens is 1. The first-order valence-electron chi connectivity index (χ1n) is 33.2. The molecule has 0 amide bonds. The van der Waals surface area contributed by atoms with Crippen LogP contribution < -0.4 is 16.4 Å². The van der Waals surface area contributed by atoms with Gasteiger partial charge in [0, 0.05) is 90.1 Å². The van der Waals surface area contributed by atoms with Crippen LogP contribution in [0.15, 0.2) is 101 Å². The fourth-order valence-corrected chi connectivity index (χ4v) is 22.5. The predicted octanol–water partition coefficient (Wildman–Crippen LogP) is 6.37. The number of cyclic esters (lactones) is 1. The van der Waals surface area contributed by atoms with E-state index >= 15 is 9.90 Å². The zero-order valence-corrected chi connectivity index (χ0v) is 54.0. The molecule has 12 rings (SSSR count). The molecule has 9 aliphatic rings. The minimum absolute atomic E-state index is 0.00142. The second kappa shape index (κ2) is 26.5. The number of phenolic OH excluding ortho intramolecular Hbond substituents is 1. The lowest BCUT2D eigenvalue weighted by Gasteiger charge is -2.63. The number of aromatic hydroxyl groups is 1. The Morgan fingerprint density at radius 3 is 2.43 bits per heavy atom. The quantitative estimate of drug-likeness (QED) is 0.0200. The van der Waals surface area contributed by atoms with Gasteiger partial charge in [0.05, 0.1) is 60.9 Å². The molecular formula is C71H93N5O13S2. The molecule has 0 unspecified atom stereocenters. The molecular weight excluding hydrogens is 1190 g/mol. The first-order valence-corrected chi connectivity index (χ1v) is 35.7. The molecule has 22 atom stereocenters. The van der Waals surface area contributed by atoms with Crippen LogP contribution in [0.3, 0.4) is 0 Å². The van der Waals surface area contributed by atoms with Crippen molar-refractivity contribution in [3.8, 4) is 17.6 Å². The lowest BCUT2D eigenvalue weighted by molar-refractivity contribution is -0.200. The van der Waals surface area contributed by atoms with Crippen molar-refractivity contribution in [3.63, 3.8) is 0 Å². The Bertz CT molecular complexity index is 3300. The summed E-state index contributed by atoms with van der Waals surface area (Å²) < 4.78 is 5.95. The Balaban J connectivity index is 1.03. The highest BCUT2D eigenvalue weighted by atomic mass is 33.1. The molecule has 20 heteroatoms. The van der Waals surface area contributed by atoms with Crippen molar-refractivity contribution >= 4 is 45.1 Å². The second-order valence-corrected chi connectivity index (χ2v) is 31.6. The number of esters is 1. The molecule has 91 heavy (non-hydrogen) atoms. The molecule has 0 spiro atoms. The number of fused-ring (bicyclic) bond motifs is 10. The lowest BCUT2D eigenvalue weighted by Crippen LogP contribution is -2.67. The number of aliphatic imine (C=N–C) groups is 1. The van der Waals surface area contributed by atoms with Crippen molar-refractivity contribution < 1.29 is 65.1 Å². The van der Waals surface area contributed by atoms with Crippen LogP contribution in [-0.2, 0) is 25.7 Å². The van der Waals surface area contributed by atoms with E-state index in [-0.39, 0.29) is 118 Å². The summed E-state index contributed by atoms with van der Waals surface area (Å²) >= 11 is 0. The van der Waals surface area contributed by atoms with Gasteiger partial charge in [-0.15, -0.1) is 5.92 Å². The number of ketones is 2. The van der Waals surface area contributed by atoms with Crippen molar-refractivity contribution in [2.45, 2.75) is 164 Å². The summed E-state index contributed by atoms with van der Waals surface area (Å²) in [7, 11) is 2.94. The maximum absolute atomic E-state index is 16.4. The van der Waals surface area contributed by atoms with Crippen LogP contribution in [0.1, 0.15) is 133 Å². The molecule has 3 heterocycles. The molecule has 4 saturated carbocycles. The van der Waals surface area contributed by atoms with E-state index in [1.165, 1.54) is 27.2 Å². The largest absolute Gasteiger partial charge is 0.508 e. The molecule has 3 aromatic rings. The van der Waals surface area contributed by atoms with Crippen LogP contribution in [0, 0.1) is 93.7 Å². The summed E-state index contributed by atoms with van der Waals surface area (Å²) in [5.74, 6) is -0.0153. The Hall–Kier alpha value is -5.18. The van der Waals surface area contributed by atoms with Crippen LogP contribution >= 0.6 is 21.6 Å². The van der Waals surface area contributed by atoms with Crippen molar-refractivity contribution in [2.24, 2.45) is 92.6 Å². The number of hydrogen-bond donors (Lipinski definition) is 13. The number of rotatable bonds is 10. The summed E-state index contributed by atoms with van der Waals surface area (Å²) in [4.78, 5) is 53.2. The van der Waals surface area contributed by atoms with Crippen molar-refractivity contribution in [1.29, 1.82) is 0 Å². The van der Waals surface area contributed by atoms with Crippen LogP contribution in [0.25, 0.3) is 0 Å². The predicted molar refractivity (Wildman–Crippen MR) is 347 cm³/mol. The fraction of sp³-hybridized carbons (Fsp3) is 0.634. The summed E-state index contributed by atoms with van der Waals surface area (Å²) in [5, 5.41) is 119. The van der Waals surface area contributed by atoms with Gasteiger partial charge in [0.25, 0.3) is 0 Å². The topological polar surface area (TPSA) is 321 Å². The van der Waals surface area contributed by atoms with E-state index in [0.29, 0.717) is 24.5 Å². The number of Topliss-reactive ketones (excluding diaryl/α,β-unsaturated/α-hetero) is 2. The number of nitrogens with two attached hydrogens (primary N) is 1. The summed E-state index contributed by atoms with van der Waals surface area (Å²) in [6, 6.07) is 16.8. The summed E-state index contributed by atoms with van der Waals surface area (Å²) in [5.41, 5.74) is 4.01. The van der Waals surface area contributed by atoms with Gasteiger partial charge in [0.2, 0.25) is 0 Å². The molecule has 18 nitrogen and oxygen atoms in total. The number of aromatic amines is 1. The van der Waals surface area contributed by atoms with E-state index in [1.807, 2.05) is 49.5 Å². The number of carbonyl (C=O) groups is 3. The highest BCUT2D eigenvalue weighted by molar-refractivity contribution is 8.76. The van der Waals surface area contributed by atoms with Gasteiger partial charge < -0.3 is 72.0 Å². The van der Waals surface area contributed by atoms with Crippen LogP contribution in [0.5, 0.6) is 5.75 Å². The number of aliphatic hydroxyl groups is 8. The van der Waals surface area contributed by atoms with E-state index in [0.717, 1.165) is 36.0 Å². The van der Waals surface area contributed by atoms with E-state index in [4.69, 9.17) is 10.5 Å². The van der Waals surface area contributed by atoms with E-state index < -0.39 is 136 Å². The fourth-order valence-electron chi connectivity index (χ4n) is 19.8. The molecule has 1 aromatic heterocycles. The molecule has 2 bridgehead atoms. The average molecular weight is 1290 g/mol. The molecule has 492 valence electrons. The van der Waals surface area contributed by atoms with E-state index in [9.17, 15) is 50.4 Å². The van der Waals surface area contributed by atoms with E-state index in [1.54, 1.807) is 37.4 Å². The Morgan fingerprint density at radius 2 is 1.69 bits per heavy atom. The molecule has 6 fully saturated rings. The number of aliphatic hydroxyl groups excluding tert-OH is 5. The van der Waals surface area contributed by atoms with Crippen molar-refractivity contribution in [3.05, 3.63) is 113 Å². The number of carbonyl (C=O) groups excluding carboxylic acids is 3. The third-order valence-corrected chi connectivity index (χ3v) is 26.6. The highest BCUT2D eigenvalue weighted by Crippen LogP contribution is 2.73. The number of nitrogens with zero attached hydrogens (tertiary/aromatic N) is 1. The number of phenols is 1. The van der Waals surface area contributed by atoms with Crippen LogP contribution in [0.4, 0.5) is 0 Å². The lowest BCUT2D eigenvalue weighted by atomic mass is 9.43. The second-order valence-electron chi connectivity index (χ2n) is 29.0. The zero-order chi connectivity index (χ0) is 64.3. The van der Waals surface area contributed by atoms with Crippen LogP contribution in [0.2, 0.25) is 0 Å². The molecule has 0 radical (unpaired) electrons. The summed E-state index contributed by atoms with van der Waals surface area (Å²) in [6.45, 7) is 5.56. The molecule has 2 aliphatic heterocycles. The smallest absolute Gasteiger partial charge is 0.313 e. The number of H-pyrrole nitrogens is 1. The Kier molecular flexibility index (Phi) is 19.2. The Morgan fingerprint density at radius 1 is 0.923 bits per heavy atom. The van der Waals surface area contributed by atoms with Crippen molar-refractivity contribution in [2.75, 3.05) is 31.3 Å². The number of allylic oxidation sites excluding steroid dienone is 3. The van der Waals surface area contributed by atoms with Gasteiger partial charge in [-0.3, -0.25) is 14.4 Å². The Labute approximate surface area is 541 Å². The van der Waals surface area contributed by atoms with Gasteiger partial charge in [-0.05, 0) is 159 Å². The van der Waals surface area contributed by atoms with Gasteiger partial charge in [-0.2, -0.15) is 0 Å². The normalized spacial score (nSPS) is 41.3. The van der Waals surface area contributed by atoms with Gasteiger partial charge in [-0.1, -0.05) is 95.5 Å². The van der Waals surface area contributed by atoms with Gasteiger partial charge >= 0.3 is 5.97 Å². The third kappa shape index (κ3) is 12.2. The number of guanidine groups is 1. The maximum Gasteiger partial charge on any atom is 0.313 e. The minimum atomic E-state index is -2.11. The van der Waals surface area contributed by atoms with Crippen molar-refractivity contribution in [1.82, 2.24) is 15.6 Å². The first kappa shape index (κ1) is 65.9. The highest BCUT2D eigenvalue weighted by Gasteiger charge is 2.75. The number of nitrogens with one attached hydrogen (secondary N) is 3. The number of ether oxygens (including phenoxy) is 1. The average Bonchev–Trinajstić information content (AvgIpc) is 1.61. The monoisotopic (exact) mass is 1290 g/mol. The maximum atomic E-state index is 16.4. The third-order valence-electron chi connectivity index (χ3n) is 24.1. The van der Waals surface area contributed by atoms with Gasteiger partial charge in [0.15, 0.2) is 23.8 Å². The molecule has 14 N–H and O–H groups in total. The summed E-state index contributed by atoms with van der Waals surface area (Å²) in [6.07, 6.45) is 3.86. The minimum Gasteiger partial charge on any atom is -0.508 e.